The number of hydrogen-bond acceptors (Lipinski definition) is 3. The Bertz CT molecular complexity index is 436. The summed E-state index contributed by atoms with van der Waals surface area (Å²) in [6.07, 6.45) is 0.999. The fourth-order valence-electron chi connectivity index (χ4n) is 2.60. The Labute approximate surface area is 123 Å². The van der Waals surface area contributed by atoms with Gasteiger partial charge in [-0.25, -0.2) is 0 Å². The molecule has 0 saturated carbocycles. The zero-order chi connectivity index (χ0) is 14.0. The third-order valence-corrected chi connectivity index (χ3v) is 4.62. The Morgan fingerprint density at radius 2 is 2.21 bits per heavy atom. The minimum Gasteiger partial charge on any atom is -0.389 e. The zero-order valence-corrected chi connectivity index (χ0v) is 13.4. The summed E-state index contributed by atoms with van der Waals surface area (Å²) in [6, 6.07) is 6.07. The topological polar surface area (TPSA) is 32.7 Å². The lowest BCUT2D eigenvalue weighted by molar-refractivity contribution is 0.0498. The minimum absolute atomic E-state index is 0.289. The number of aliphatic hydroxyl groups excluding tert-OH is 1. The van der Waals surface area contributed by atoms with Gasteiger partial charge in [0.15, 0.2) is 0 Å². The van der Waals surface area contributed by atoms with E-state index in [0.717, 1.165) is 29.5 Å². The van der Waals surface area contributed by atoms with Crippen LogP contribution in [0, 0.1) is 5.92 Å². The van der Waals surface area contributed by atoms with Gasteiger partial charge in [-0.2, -0.15) is 0 Å². The van der Waals surface area contributed by atoms with Gasteiger partial charge < -0.3 is 14.7 Å². The lowest BCUT2D eigenvalue weighted by atomic mass is 9.95. The smallest absolute Gasteiger partial charge is 0.0772 e. The number of halogens is 1. The Hall–Kier alpha value is -0.580. The summed E-state index contributed by atoms with van der Waals surface area (Å²) in [4.78, 5) is 2.35. The van der Waals surface area contributed by atoms with Gasteiger partial charge in [0.05, 0.1) is 17.9 Å². The number of ether oxygens (including phenoxy) is 1. The van der Waals surface area contributed by atoms with Crippen molar-refractivity contribution < 1.29 is 9.84 Å². The van der Waals surface area contributed by atoms with Crippen LogP contribution in [0.25, 0.3) is 0 Å². The van der Waals surface area contributed by atoms with Crippen LogP contribution < -0.4 is 4.90 Å². The molecular weight excluding hydrogens is 306 g/mol. The molecule has 1 saturated heterocycles. The van der Waals surface area contributed by atoms with Crippen molar-refractivity contribution in [2.24, 2.45) is 5.92 Å². The number of rotatable bonds is 3. The molecule has 0 aromatic heterocycles. The Balaban J connectivity index is 2.18. The molecule has 2 rings (SSSR count). The number of benzene rings is 1. The van der Waals surface area contributed by atoms with Gasteiger partial charge in [0.25, 0.3) is 0 Å². The second-order valence-corrected chi connectivity index (χ2v) is 6.23. The van der Waals surface area contributed by atoms with Crippen LogP contribution in [-0.2, 0) is 4.74 Å². The van der Waals surface area contributed by atoms with E-state index in [2.05, 4.69) is 33.8 Å². The van der Waals surface area contributed by atoms with E-state index in [0.29, 0.717) is 5.92 Å². The lowest BCUT2D eigenvalue weighted by Crippen LogP contribution is -2.44. The largest absolute Gasteiger partial charge is 0.389 e. The van der Waals surface area contributed by atoms with Crippen LogP contribution >= 0.6 is 15.9 Å². The van der Waals surface area contributed by atoms with Crippen LogP contribution in [0.2, 0.25) is 0 Å². The van der Waals surface area contributed by atoms with Gasteiger partial charge in [-0.05, 0) is 52.9 Å². The van der Waals surface area contributed by atoms with E-state index in [1.54, 1.807) is 14.0 Å². The summed E-state index contributed by atoms with van der Waals surface area (Å²) >= 11 is 3.61. The van der Waals surface area contributed by atoms with Gasteiger partial charge in [0.2, 0.25) is 0 Å². The Kier molecular flexibility index (Phi) is 4.87. The molecule has 0 spiro atoms. The van der Waals surface area contributed by atoms with Crippen LogP contribution in [-0.4, -0.2) is 31.4 Å². The van der Waals surface area contributed by atoms with E-state index in [9.17, 15) is 5.11 Å². The van der Waals surface area contributed by atoms with Crippen molar-refractivity contribution in [1.29, 1.82) is 0 Å². The molecule has 1 heterocycles. The maximum absolute atomic E-state index is 9.61. The van der Waals surface area contributed by atoms with Gasteiger partial charge in [-0.3, -0.25) is 0 Å². The molecule has 0 radical (unpaired) electrons. The maximum atomic E-state index is 9.61. The van der Waals surface area contributed by atoms with Crippen molar-refractivity contribution >= 4 is 21.6 Å². The van der Waals surface area contributed by atoms with Gasteiger partial charge in [-0.15, -0.1) is 0 Å². The first kappa shape index (κ1) is 14.8. The van der Waals surface area contributed by atoms with Gasteiger partial charge >= 0.3 is 0 Å². The number of anilines is 1. The third kappa shape index (κ3) is 3.30. The average Bonchev–Trinajstić information content (AvgIpc) is 2.39. The summed E-state index contributed by atoms with van der Waals surface area (Å²) in [5.74, 6) is 0.608. The van der Waals surface area contributed by atoms with Crippen LogP contribution in [0.4, 0.5) is 5.69 Å². The van der Waals surface area contributed by atoms with Crippen molar-refractivity contribution in [3.8, 4) is 0 Å². The fraction of sp³-hybridized carbons (Fsp3) is 0.600. The highest BCUT2D eigenvalue weighted by Crippen LogP contribution is 2.32. The van der Waals surface area contributed by atoms with Gasteiger partial charge in [-0.1, -0.05) is 13.0 Å². The molecule has 0 bridgehead atoms. The van der Waals surface area contributed by atoms with Crippen LogP contribution in [0.3, 0.4) is 0 Å². The van der Waals surface area contributed by atoms with Gasteiger partial charge in [0, 0.05) is 24.7 Å². The number of nitrogens with zero attached hydrogens (tertiary/aromatic N) is 1. The second-order valence-electron chi connectivity index (χ2n) is 5.37. The normalized spacial score (nSPS) is 25.4. The summed E-state index contributed by atoms with van der Waals surface area (Å²) in [7, 11) is 1.79. The quantitative estimate of drug-likeness (QED) is 0.923. The van der Waals surface area contributed by atoms with Crippen molar-refractivity contribution in [3.63, 3.8) is 0 Å². The number of piperidine rings is 1. The van der Waals surface area contributed by atoms with E-state index in [-0.39, 0.29) is 6.10 Å². The van der Waals surface area contributed by atoms with Crippen molar-refractivity contribution in [1.82, 2.24) is 0 Å². The first-order valence-electron chi connectivity index (χ1n) is 6.78. The number of aliphatic hydroxyl groups is 1. The molecule has 1 fully saturated rings. The fourth-order valence-corrected chi connectivity index (χ4v) is 3.25. The SMILES string of the molecule is COC1CN(c2ccc([C@@H](C)O)cc2Br)CCC1C. The second kappa shape index (κ2) is 6.25. The molecular formula is C15H22BrNO2. The summed E-state index contributed by atoms with van der Waals surface area (Å²) in [6.45, 7) is 6.00. The van der Waals surface area contributed by atoms with E-state index >= 15 is 0 Å². The van der Waals surface area contributed by atoms with E-state index in [1.807, 2.05) is 12.1 Å². The highest BCUT2D eigenvalue weighted by molar-refractivity contribution is 9.10. The Morgan fingerprint density at radius 1 is 1.47 bits per heavy atom. The number of methoxy groups -OCH3 is 1. The Morgan fingerprint density at radius 3 is 2.79 bits per heavy atom. The van der Waals surface area contributed by atoms with E-state index in [1.165, 1.54) is 5.69 Å². The monoisotopic (exact) mass is 327 g/mol. The maximum Gasteiger partial charge on any atom is 0.0772 e. The lowest BCUT2D eigenvalue weighted by Gasteiger charge is -2.38. The predicted molar refractivity (Wildman–Crippen MR) is 81.6 cm³/mol. The average molecular weight is 328 g/mol. The van der Waals surface area contributed by atoms with E-state index < -0.39 is 6.10 Å². The summed E-state index contributed by atoms with van der Waals surface area (Å²) in [5, 5.41) is 9.61. The van der Waals surface area contributed by atoms with Gasteiger partial charge in [0.1, 0.15) is 0 Å². The molecule has 1 aromatic carbocycles. The molecule has 2 unspecified atom stereocenters. The molecule has 106 valence electrons. The standard InChI is InChI=1S/C15H22BrNO2/c1-10-6-7-17(9-15(10)19-3)14-5-4-12(11(2)18)8-13(14)16/h4-5,8,10-11,15,18H,6-7,9H2,1-3H3/t10?,11-,15?/m1/s1. The molecule has 1 N–H and O–H groups in total. The molecule has 1 aliphatic rings. The van der Waals surface area contributed by atoms with Crippen molar-refractivity contribution in [2.45, 2.75) is 32.5 Å². The van der Waals surface area contributed by atoms with Crippen molar-refractivity contribution in [3.05, 3.63) is 28.2 Å². The van der Waals surface area contributed by atoms with Crippen LogP contribution in [0.1, 0.15) is 31.9 Å². The summed E-state index contributed by atoms with van der Waals surface area (Å²) < 4.78 is 6.60. The molecule has 19 heavy (non-hydrogen) atoms. The molecule has 1 aliphatic heterocycles. The molecule has 0 aliphatic carbocycles. The zero-order valence-electron chi connectivity index (χ0n) is 11.8. The first-order chi connectivity index (χ1) is 9.02. The first-order valence-corrected chi connectivity index (χ1v) is 7.57. The molecule has 1 aromatic rings. The molecule has 0 amide bonds. The molecule has 4 heteroatoms. The van der Waals surface area contributed by atoms with Crippen LogP contribution in [0.5, 0.6) is 0 Å². The predicted octanol–water partition coefficient (Wildman–Crippen LogP) is 3.36. The molecule has 3 nitrogen and oxygen atoms in total. The minimum atomic E-state index is -0.432. The summed E-state index contributed by atoms with van der Waals surface area (Å²) in [5.41, 5.74) is 2.11. The molecule has 3 atom stereocenters. The van der Waals surface area contributed by atoms with Crippen molar-refractivity contribution in [2.75, 3.05) is 25.1 Å². The third-order valence-electron chi connectivity index (χ3n) is 3.99. The van der Waals surface area contributed by atoms with Crippen LogP contribution in [0.15, 0.2) is 22.7 Å². The highest BCUT2D eigenvalue weighted by atomic mass is 79.9. The highest BCUT2D eigenvalue weighted by Gasteiger charge is 2.27. The van der Waals surface area contributed by atoms with E-state index in [4.69, 9.17) is 4.74 Å². The number of hydrogen-bond donors (Lipinski definition) is 1.